The summed E-state index contributed by atoms with van der Waals surface area (Å²) in [5, 5.41) is 0. The minimum atomic E-state index is -0.619. The highest BCUT2D eigenvalue weighted by Gasteiger charge is 2.66. The molecule has 5 heteroatoms. The molecule has 1 aromatic heterocycles. The topological polar surface area (TPSA) is 69.0 Å². The van der Waals surface area contributed by atoms with Crippen molar-refractivity contribution in [1.29, 1.82) is 0 Å². The number of ketones is 1. The van der Waals surface area contributed by atoms with Crippen LogP contribution in [0.3, 0.4) is 0 Å². The van der Waals surface area contributed by atoms with Gasteiger partial charge in [-0.2, -0.15) is 0 Å². The summed E-state index contributed by atoms with van der Waals surface area (Å²) in [4.78, 5) is 25.2. The molecule has 0 spiro atoms. The zero-order valence-corrected chi connectivity index (χ0v) is 19.6. The van der Waals surface area contributed by atoms with Gasteiger partial charge >= 0.3 is 0 Å². The predicted octanol–water partition coefficient (Wildman–Crippen LogP) is 4.82. The molecule has 1 fully saturated rings. The number of carbonyl (C=O) groups is 1. The molecule has 1 aliphatic heterocycles. The molecule has 30 heavy (non-hydrogen) atoms. The Hall–Kier alpha value is -2.14. The maximum atomic E-state index is 12.9. The molecule has 2 aliphatic rings. The van der Waals surface area contributed by atoms with Crippen LogP contribution in [-0.2, 0) is 14.9 Å². The minimum absolute atomic E-state index is 0.0375. The van der Waals surface area contributed by atoms with E-state index in [9.17, 15) is 9.59 Å². The van der Waals surface area contributed by atoms with Crippen molar-refractivity contribution in [3.63, 3.8) is 0 Å². The van der Waals surface area contributed by atoms with E-state index in [0.29, 0.717) is 23.3 Å². The third-order valence-electron chi connectivity index (χ3n) is 6.97. The largest absolute Gasteiger partial charge is 0.468 e. The fraction of sp³-hybridized carbons (Fsp3) is 0.600. The first-order valence-electron chi connectivity index (χ1n) is 10.7. The molecule has 5 nitrogen and oxygen atoms in total. The van der Waals surface area contributed by atoms with E-state index in [0.717, 1.165) is 11.1 Å². The van der Waals surface area contributed by atoms with Crippen LogP contribution in [0.2, 0.25) is 0 Å². The van der Waals surface area contributed by atoms with Gasteiger partial charge in [-0.05, 0) is 47.1 Å². The minimum Gasteiger partial charge on any atom is -0.468 e. The first-order valence-corrected chi connectivity index (χ1v) is 10.7. The molecule has 164 valence electrons. The van der Waals surface area contributed by atoms with Crippen molar-refractivity contribution in [3.05, 3.63) is 50.4 Å². The monoisotopic (exact) mass is 414 g/mol. The van der Waals surface area contributed by atoms with E-state index in [1.165, 1.54) is 7.11 Å². The van der Waals surface area contributed by atoms with Crippen LogP contribution in [0.25, 0.3) is 0 Å². The maximum Gasteiger partial charge on any atom is 0.291 e. The van der Waals surface area contributed by atoms with E-state index < -0.39 is 11.0 Å². The third kappa shape index (κ3) is 3.27. The van der Waals surface area contributed by atoms with Crippen LogP contribution in [0.1, 0.15) is 64.9 Å². The Kier molecular flexibility index (Phi) is 5.65. The summed E-state index contributed by atoms with van der Waals surface area (Å²) >= 11 is 0. The molecule has 0 bridgehead atoms. The zero-order chi connectivity index (χ0) is 22.6. The lowest BCUT2D eigenvalue weighted by Gasteiger charge is -2.42. The van der Waals surface area contributed by atoms with Crippen molar-refractivity contribution in [2.45, 2.75) is 78.9 Å². The van der Waals surface area contributed by atoms with Gasteiger partial charge in [0, 0.05) is 23.8 Å². The standard InChI is InChI=1S/C25H34O5/c1-10-18(26)13(2)11-14(3)20-24(7,12-15(4)21-25(20,8)30-21)22-16(5)19(27)17(6)23(28-9)29-22/h11-13,20-21H,10H2,1-9H3/b14-11+/t13-,20+,21-,24-,25+/m1/s1. The fourth-order valence-electron chi connectivity index (χ4n) is 5.67. The van der Waals surface area contributed by atoms with Crippen molar-refractivity contribution < 1.29 is 18.7 Å². The van der Waals surface area contributed by atoms with Gasteiger partial charge < -0.3 is 13.9 Å². The predicted molar refractivity (Wildman–Crippen MR) is 117 cm³/mol. The molecule has 0 unspecified atom stereocenters. The van der Waals surface area contributed by atoms with Crippen LogP contribution in [0.4, 0.5) is 0 Å². The highest BCUT2D eigenvalue weighted by molar-refractivity contribution is 5.82. The summed E-state index contributed by atoms with van der Waals surface area (Å²) in [5.41, 5.74) is 2.15. The van der Waals surface area contributed by atoms with E-state index in [2.05, 4.69) is 33.8 Å². The second kappa shape index (κ2) is 7.52. The van der Waals surface area contributed by atoms with E-state index in [4.69, 9.17) is 13.9 Å². The van der Waals surface area contributed by atoms with Crippen LogP contribution in [0.5, 0.6) is 5.95 Å². The molecule has 1 aliphatic carbocycles. The van der Waals surface area contributed by atoms with Crippen LogP contribution in [0, 0.1) is 25.7 Å². The van der Waals surface area contributed by atoms with E-state index in [-0.39, 0.29) is 35.1 Å². The molecule has 1 aromatic rings. The number of fused-ring (bicyclic) bond motifs is 1. The molecule has 3 rings (SSSR count). The number of epoxide rings is 1. The van der Waals surface area contributed by atoms with Crippen molar-refractivity contribution >= 4 is 5.78 Å². The lowest BCUT2D eigenvalue weighted by molar-refractivity contribution is -0.120. The van der Waals surface area contributed by atoms with Gasteiger partial charge in [-0.1, -0.05) is 31.6 Å². The highest BCUT2D eigenvalue weighted by atomic mass is 16.6. The number of hydrogen-bond acceptors (Lipinski definition) is 5. The Morgan fingerprint density at radius 3 is 2.47 bits per heavy atom. The Bertz CT molecular complexity index is 998. The van der Waals surface area contributed by atoms with Crippen LogP contribution in [-0.4, -0.2) is 24.6 Å². The molecular weight excluding hydrogens is 380 g/mol. The number of Topliss-reactive ketones (excluding diaryl/α,β-unsaturated/α-hetero) is 1. The average Bonchev–Trinajstić information content (AvgIpc) is 3.37. The van der Waals surface area contributed by atoms with Crippen LogP contribution in [0.15, 0.2) is 32.5 Å². The Morgan fingerprint density at radius 2 is 1.90 bits per heavy atom. The quantitative estimate of drug-likeness (QED) is 0.493. The Balaban J connectivity index is 2.24. The van der Waals surface area contributed by atoms with Crippen molar-refractivity contribution in [1.82, 2.24) is 0 Å². The first-order chi connectivity index (χ1) is 13.9. The van der Waals surface area contributed by atoms with Gasteiger partial charge in [0.1, 0.15) is 23.2 Å². The molecule has 0 radical (unpaired) electrons. The summed E-state index contributed by atoms with van der Waals surface area (Å²) in [6.07, 6.45) is 4.76. The van der Waals surface area contributed by atoms with Gasteiger partial charge in [0.2, 0.25) is 0 Å². The number of ether oxygens (including phenoxy) is 2. The SMILES string of the molecule is CCC(=O)[C@H](C)/C=C(\C)[C@@H]1[C@]2(C)O[C@@H]2C(C)=C[C@@]1(C)c1oc(OC)c(C)c(=O)c1C. The van der Waals surface area contributed by atoms with Gasteiger partial charge in [0.15, 0.2) is 5.43 Å². The maximum absolute atomic E-state index is 12.9. The van der Waals surface area contributed by atoms with Crippen LogP contribution < -0.4 is 10.2 Å². The zero-order valence-electron chi connectivity index (χ0n) is 19.6. The van der Waals surface area contributed by atoms with Crippen molar-refractivity contribution in [3.8, 4) is 5.95 Å². The average molecular weight is 415 g/mol. The summed E-state index contributed by atoms with van der Waals surface area (Å²) in [7, 11) is 1.51. The van der Waals surface area contributed by atoms with Gasteiger partial charge in [-0.25, -0.2) is 0 Å². The third-order valence-corrected chi connectivity index (χ3v) is 6.97. The summed E-state index contributed by atoms with van der Waals surface area (Å²) in [5.74, 6) is 0.785. The Labute approximate surface area is 179 Å². The summed E-state index contributed by atoms with van der Waals surface area (Å²) < 4.78 is 17.8. The highest BCUT2D eigenvalue weighted by Crippen LogP contribution is 2.60. The van der Waals surface area contributed by atoms with Gasteiger partial charge in [0.25, 0.3) is 5.95 Å². The molecule has 5 atom stereocenters. The van der Waals surface area contributed by atoms with Crippen LogP contribution >= 0.6 is 0 Å². The molecule has 0 saturated carbocycles. The van der Waals surface area contributed by atoms with Crippen molar-refractivity contribution in [2.75, 3.05) is 7.11 Å². The van der Waals surface area contributed by atoms with Gasteiger partial charge in [-0.3, -0.25) is 9.59 Å². The summed E-state index contributed by atoms with van der Waals surface area (Å²) in [6, 6.07) is 0. The number of methoxy groups -OCH3 is 1. The smallest absolute Gasteiger partial charge is 0.291 e. The summed E-state index contributed by atoms with van der Waals surface area (Å²) in [6.45, 7) is 15.7. The second-order valence-corrected chi connectivity index (χ2v) is 9.31. The molecule has 0 N–H and O–H groups in total. The molecule has 0 amide bonds. The molecular formula is C25H34O5. The number of allylic oxidation sites excluding steroid dienone is 2. The normalized spacial score (nSPS) is 31.6. The second-order valence-electron chi connectivity index (χ2n) is 9.31. The fourth-order valence-corrected chi connectivity index (χ4v) is 5.67. The lowest BCUT2D eigenvalue weighted by atomic mass is 9.60. The van der Waals surface area contributed by atoms with Gasteiger partial charge in [0.05, 0.1) is 18.1 Å². The Morgan fingerprint density at radius 1 is 1.27 bits per heavy atom. The van der Waals surface area contributed by atoms with Gasteiger partial charge in [-0.15, -0.1) is 0 Å². The first kappa shape index (κ1) is 22.5. The lowest BCUT2D eigenvalue weighted by Crippen LogP contribution is -2.45. The van der Waals surface area contributed by atoms with E-state index in [1.807, 2.05) is 26.8 Å². The molecule has 1 saturated heterocycles. The van der Waals surface area contributed by atoms with Crippen molar-refractivity contribution in [2.24, 2.45) is 11.8 Å². The van der Waals surface area contributed by atoms with E-state index in [1.54, 1.807) is 6.92 Å². The molecule has 0 aromatic carbocycles. The number of carbonyl (C=O) groups excluding carboxylic acids is 1. The number of rotatable bonds is 6. The molecule has 2 heterocycles. The van der Waals surface area contributed by atoms with E-state index >= 15 is 0 Å². The number of hydrogen-bond donors (Lipinski definition) is 0.